The van der Waals surface area contributed by atoms with Crippen molar-refractivity contribution in [2.75, 3.05) is 0 Å². The summed E-state index contributed by atoms with van der Waals surface area (Å²) < 4.78 is 133. The minimum absolute atomic E-state index is 0. The zero-order chi connectivity index (χ0) is 21.3. The molecule has 0 bridgehead atoms. The number of carbonyl (C=O) groups is 1. The van der Waals surface area contributed by atoms with E-state index in [-0.39, 0.29) is 20.4 Å². The van der Waals surface area contributed by atoms with Gasteiger partial charge >= 0.3 is 35.8 Å². The van der Waals surface area contributed by atoms with Crippen molar-refractivity contribution in [2.24, 2.45) is 0 Å². The van der Waals surface area contributed by atoms with Crippen LogP contribution in [0.1, 0.15) is 20.8 Å². The fourth-order valence-electron chi connectivity index (χ4n) is 0.707. The second-order valence-electron chi connectivity index (χ2n) is 5.30. The first-order valence-electron chi connectivity index (χ1n) is 5.64. The maximum atomic E-state index is 12.4. The predicted octanol–water partition coefficient (Wildman–Crippen LogP) is 4.45. The number of hydrogen-bond donors (Lipinski definition) is 2. The summed E-state index contributed by atoms with van der Waals surface area (Å²) in [5, 5.41) is 15.4. The first kappa shape index (κ1) is 30.0. The molecule has 0 radical (unpaired) electrons. The van der Waals surface area contributed by atoms with Crippen LogP contribution in [0.15, 0.2) is 0 Å². The van der Waals surface area contributed by atoms with Crippen LogP contribution in [0.3, 0.4) is 0 Å². The molecule has 162 valence electrons. The molecule has 0 fully saturated rings. The standard InChI is InChI=1S/C6HF11O2.C4H10O2.Pd/c7-2(8,1(18)19)3(9,10)4(11,12)5(13,14)6(15,16)17;1-4(2,3)6-5;/h(H,18,19);5H,1-3H3;. The minimum Gasteiger partial charge on any atom is -0.477 e. The Morgan fingerprint density at radius 2 is 1.00 bits per heavy atom. The molecular weight excluding hydrogens is 500 g/mol. The molecule has 0 aliphatic carbocycles. The number of aliphatic carboxylic acids is 1. The van der Waals surface area contributed by atoms with Gasteiger partial charge in [-0.25, -0.2) is 9.68 Å². The molecule has 16 heteroatoms. The van der Waals surface area contributed by atoms with Crippen LogP contribution in [0.4, 0.5) is 48.3 Å². The molecule has 2 N–H and O–H groups in total. The van der Waals surface area contributed by atoms with Crippen molar-refractivity contribution in [3.8, 4) is 0 Å². The van der Waals surface area contributed by atoms with E-state index in [9.17, 15) is 53.1 Å². The average molecular weight is 511 g/mol. The zero-order valence-electron chi connectivity index (χ0n) is 12.7. The van der Waals surface area contributed by atoms with Gasteiger partial charge in [0.25, 0.3) is 0 Å². The Labute approximate surface area is 151 Å². The van der Waals surface area contributed by atoms with Gasteiger partial charge < -0.3 is 5.11 Å². The van der Waals surface area contributed by atoms with Gasteiger partial charge in [0.2, 0.25) is 0 Å². The molecule has 0 aliphatic heterocycles. The Morgan fingerprint density at radius 3 is 1.15 bits per heavy atom. The Bertz CT molecular complexity index is 471. The summed E-state index contributed by atoms with van der Waals surface area (Å²) in [6.45, 7) is 5.31. The monoisotopic (exact) mass is 510 g/mol. The Hall–Kier alpha value is -0.718. The van der Waals surface area contributed by atoms with E-state index in [1.54, 1.807) is 20.8 Å². The van der Waals surface area contributed by atoms with Crippen LogP contribution in [0, 0.1) is 0 Å². The van der Waals surface area contributed by atoms with Gasteiger partial charge in [-0.3, -0.25) is 5.26 Å². The molecular formula is C10H11F11O4Pd. The van der Waals surface area contributed by atoms with Gasteiger partial charge in [-0.2, -0.15) is 48.3 Å². The summed E-state index contributed by atoms with van der Waals surface area (Å²) in [7, 11) is 0. The van der Waals surface area contributed by atoms with E-state index in [1.807, 2.05) is 0 Å². The first-order chi connectivity index (χ1) is 10.5. The van der Waals surface area contributed by atoms with Gasteiger partial charge in [0.15, 0.2) is 0 Å². The van der Waals surface area contributed by atoms with E-state index < -0.39 is 41.4 Å². The summed E-state index contributed by atoms with van der Waals surface area (Å²) in [5.74, 6) is -33.6. The predicted molar refractivity (Wildman–Crippen MR) is 56.9 cm³/mol. The fourth-order valence-corrected chi connectivity index (χ4v) is 0.707. The number of carboxylic acid groups (broad SMARTS) is 1. The molecule has 0 aliphatic rings. The smallest absolute Gasteiger partial charge is 0.460 e. The summed E-state index contributed by atoms with van der Waals surface area (Å²) in [6.07, 6.45) is -7.30. The van der Waals surface area contributed by atoms with Crippen LogP contribution in [0.5, 0.6) is 0 Å². The zero-order valence-corrected chi connectivity index (χ0v) is 14.2. The van der Waals surface area contributed by atoms with Crippen LogP contribution in [0.2, 0.25) is 0 Å². The molecule has 0 saturated carbocycles. The number of halogens is 11. The second kappa shape index (κ2) is 8.53. The molecule has 0 saturated heterocycles. The van der Waals surface area contributed by atoms with E-state index >= 15 is 0 Å². The van der Waals surface area contributed by atoms with Crippen molar-refractivity contribution in [3.05, 3.63) is 0 Å². The fraction of sp³-hybridized carbons (Fsp3) is 0.900. The quantitative estimate of drug-likeness (QED) is 0.254. The van der Waals surface area contributed by atoms with Crippen molar-refractivity contribution in [1.29, 1.82) is 0 Å². The second-order valence-corrected chi connectivity index (χ2v) is 5.30. The Morgan fingerprint density at radius 1 is 0.731 bits per heavy atom. The first-order valence-corrected chi connectivity index (χ1v) is 5.64. The number of carboxylic acids is 1. The van der Waals surface area contributed by atoms with Gasteiger partial charge in [0.1, 0.15) is 0 Å². The molecule has 0 heterocycles. The van der Waals surface area contributed by atoms with Crippen LogP contribution in [0.25, 0.3) is 0 Å². The minimum atomic E-state index is -7.68. The normalized spacial score (nSPS) is 14.1. The summed E-state index contributed by atoms with van der Waals surface area (Å²) in [6, 6.07) is 0. The molecule has 0 rings (SSSR count). The SMILES string of the molecule is CC(C)(C)OO.O=C(O)C(F)(F)C(F)(F)C(F)(F)C(F)(F)C(F)(F)F.[Pd]. The van der Waals surface area contributed by atoms with E-state index in [0.717, 1.165) is 0 Å². The van der Waals surface area contributed by atoms with Crippen molar-refractivity contribution in [3.63, 3.8) is 0 Å². The van der Waals surface area contributed by atoms with Gasteiger partial charge in [-0.15, -0.1) is 0 Å². The molecule has 0 atom stereocenters. The molecule has 0 aromatic carbocycles. The number of rotatable bonds is 4. The third-order valence-electron chi connectivity index (χ3n) is 2.08. The molecule has 0 aromatic heterocycles. The van der Waals surface area contributed by atoms with Gasteiger partial charge in [0.05, 0.1) is 5.60 Å². The van der Waals surface area contributed by atoms with Crippen molar-refractivity contribution in [1.82, 2.24) is 0 Å². The molecule has 4 nitrogen and oxygen atoms in total. The molecule has 0 unspecified atom stereocenters. The topological polar surface area (TPSA) is 66.8 Å². The van der Waals surface area contributed by atoms with Crippen molar-refractivity contribution >= 4 is 5.97 Å². The van der Waals surface area contributed by atoms with E-state index in [2.05, 4.69) is 4.89 Å². The van der Waals surface area contributed by atoms with E-state index in [0.29, 0.717) is 0 Å². The molecule has 0 spiro atoms. The maximum absolute atomic E-state index is 12.4. The van der Waals surface area contributed by atoms with Crippen molar-refractivity contribution in [2.45, 2.75) is 56.2 Å². The molecule has 26 heavy (non-hydrogen) atoms. The van der Waals surface area contributed by atoms with Gasteiger partial charge in [0, 0.05) is 20.4 Å². The van der Waals surface area contributed by atoms with Crippen LogP contribution in [-0.2, 0) is 30.1 Å². The Kier molecular flexibility index (Phi) is 9.85. The maximum Gasteiger partial charge on any atom is 0.460 e. The number of alkyl halides is 11. The van der Waals surface area contributed by atoms with Crippen LogP contribution >= 0.6 is 0 Å². The number of hydrogen-bond acceptors (Lipinski definition) is 3. The van der Waals surface area contributed by atoms with Crippen LogP contribution < -0.4 is 0 Å². The molecule has 0 amide bonds. The van der Waals surface area contributed by atoms with Crippen LogP contribution in [-0.4, -0.2) is 51.8 Å². The largest absolute Gasteiger partial charge is 0.477 e. The van der Waals surface area contributed by atoms with E-state index in [4.69, 9.17) is 10.4 Å². The average Bonchev–Trinajstić information content (AvgIpc) is 2.36. The summed E-state index contributed by atoms with van der Waals surface area (Å²) >= 11 is 0. The summed E-state index contributed by atoms with van der Waals surface area (Å²) in [4.78, 5) is 13.5. The third kappa shape index (κ3) is 5.90. The van der Waals surface area contributed by atoms with E-state index in [1.165, 1.54) is 0 Å². The molecule has 0 aromatic rings. The van der Waals surface area contributed by atoms with Crippen molar-refractivity contribution < 1.29 is 88.8 Å². The third-order valence-corrected chi connectivity index (χ3v) is 2.08. The van der Waals surface area contributed by atoms with Gasteiger partial charge in [-0.05, 0) is 20.8 Å². The summed E-state index contributed by atoms with van der Waals surface area (Å²) in [5.41, 5.74) is -0.403. The Balaban J connectivity index is -0.000000649. The van der Waals surface area contributed by atoms with Gasteiger partial charge in [-0.1, -0.05) is 0 Å².